The molecule has 0 radical (unpaired) electrons. The molecule has 0 aliphatic carbocycles. The molecule has 110 valence electrons. The second-order valence-electron chi connectivity index (χ2n) is 4.06. The lowest BCUT2D eigenvalue weighted by atomic mass is 10.3. The molecule has 0 bridgehead atoms. The first-order chi connectivity index (χ1) is 9.97. The predicted molar refractivity (Wildman–Crippen MR) is 80.5 cm³/mol. The van der Waals surface area contributed by atoms with Gasteiger partial charge in [-0.1, -0.05) is 23.2 Å². The number of hydrogen-bond acceptors (Lipinski definition) is 4. The number of carbonyl (C=O) groups excluding carboxylic acids is 2. The van der Waals surface area contributed by atoms with Crippen LogP contribution in [-0.4, -0.2) is 18.4 Å². The third-order valence-electron chi connectivity index (χ3n) is 2.52. The lowest BCUT2D eigenvalue weighted by Crippen LogP contribution is -2.32. The highest BCUT2D eigenvalue weighted by Gasteiger charge is 2.11. The van der Waals surface area contributed by atoms with Crippen molar-refractivity contribution in [1.29, 1.82) is 0 Å². The van der Waals surface area contributed by atoms with Gasteiger partial charge >= 0.3 is 0 Å². The Morgan fingerprint density at radius 3 is 2.48 bits per heavy atom. The van der Waals surface area contributed by atoms with Gasteiger partial charge in [0.2, 0.25) is 5.91 Å². The van der Waals surface area contributed by atoms with Gasteiger partial charge < -0.3 is 20.8 Å². The fourth-order valence-corrected chi connectivity index (χ4v) is 2.00. The van der Waals surface area contributed by atoms with Crippen molar-refractivity contribution >= 4 is 46.4 Å². The molecule has 6 nitrogen and oxygen atoms in total. The van der Waals surface area contributed by atoms with E-state index in [1.54, 1.807) is 6.07 Å². The second kappa shape index (κ2) is 6.51. The van der Waals surface area contributed by atoms with Gasteiger partial charge in [-0.15, -0.1) is 0 Å². The van der Waals surface area contributed by atoms with Crippen molar-refractivity contribution in [3.8, 4) is 0 Å². The van der Waals surface area contributed by atoms with Crippen LogP contribution >= 0.6 is 23.2 Å². The van der Waals surface area contributed by atoms with E-state index in [0.717, 1.165) is 0 Å². The molecule has 21 heavy (non-hydrogen) atoms. The molecule has 2 aromatic rings. The first-order valence-corrected chi connectivity index (χ1v) is 6.59. The average Bonchev–Trinajstić information content (AvgIpc) is 2.96. The lowest BCUT2D eigenvalue weighted by molar-refractivity contribution is -0.115. The summed E-state index contributed by atoms with van der Waals surface area (Å²) in [6.45, 7) is -0.223. The lowest BCUT2D eigenvalue weighted by Gasteiger charge is -2.08. The van der Waals surface area contributed by atoms with Gasteiger partial charge in [0, 0.05) is 5.69 Å². The van der Waals surface area contributed by atoms with Crippen molar-refractivity contribution in [2.75, 3.05) is 17.6 Å². The molecule has 0 saturated carbocycles. The van der Waals surface area contributed by atoms with Crippen molar-refractivity contribution in [2.24, 2.45) is 0 Å². The number of nitrogens with one attached hydrogen (secondary N) is 2. The smallest absolute Gasteiger partial charge is 0.287 e. The van der Waals surface area contributed by atoms with Crippen LogP contribution in [0.4, 0.5) is 11.4 Å². The van der Waals surface area contributed by atoms with Crippen LogP contribution in [0.15, 0.2) is 34.9 Å². The normalized spacial score (nSPS) is 10.2. The van der Waals surface area contributed by atoms with E-state index in [1.807, 2.05) is 0 Å². The SMILES string of the molecule is Nc1c(Cl)cc(NC(=O)CNC(=O)c2ccco2)cc1Cl. The van der Waals surface area contributed by atoms with Crippen LogP contribution in [0, 0.1) is 0 Å². The Kier molecular flexibility index (Phi) is 4.72. The van der Waals surface area contributed by atoms with Crippen LogP contribution in [0.5, 0.6) is 0 Å². The maximum atomic E-state index is 11.7. The quantitative estimate of drug-likeness (QED) is 0.751. The number of rotatable bonds is 4. The summed E-state index contributed by atoms with van der Waals surface area (Å²) in [5.74, 6) is -0.795. The Labute approximate surface area is 130 Å². The zero-order valence-corrected chi connectivity index (χ0v) is 12.2. The third-order valence-corrected chi connectivity index (χ3v) is 3.14. The molecule has 1 aromatic heterocycles. The number of amides is 2. The van der Waals surface area contributed by atoms with Crippen LogP contribution in [0.3, 0.4) is 0 Å². The van der Waals surface area contributed by atoms with Crippen molar-refractivity contribution in [3.63, 3.8) is 0 Å². The van der Waals surface area contributed by atoms with Crippen LogP contribution in [0.25, 0.3) is 0 Å². The molecule has 0 fully saturated rings. The summed E-state index contributed by atoms with van der Waals surface area (Å²) in [6, 6.07) is 6.00. The van der Waals surface area contributed by atoms with E-state index in [0.29, 0.717) is 5.69 Å². The van der Waals surface area contributed by atoms with Crippen LogP contribution in [-0.2, 0) is 4.79 Å². The van der Waals surface area contributed by atoms with Crippen molar-refractivity contribution in [2.45, 2.75) is 0 Å². The number of anilines is 2. The van der Waals surface area contributed by atoms with Gasteiger partial charge in [0.25, 0.3) is 5.91 Å². The van der Waals surface area contributed by atoms with Gasteiger partial charge in [-0.05, 0) is 24.3 Å². The van der Waals surface area contributed by atoms with E-state index >= 15 is 0 Å². The molecule has 0 unspecified atom stereocenters. The Bertz CT molecular complexity index is 648. The number of furan rings is 1. The molecule has 0 atom stereocenters. The summed E-state index contributed by atoms with van der Waals surface area (Å²) in [4.78, 5) is 23.3. The third kappa shape index (κ3) is 3.90. The first kappa shape index (κ1) is 15.2. The summed E-state index contributed by atoms with van der Waals surface area (Å²) >= 11 is 11.7. The zero-order valence-electron chi connectivity index (χ0n) is 10.7. The number of hydrogen-bond donors (Lipinski definition) is 3. The maximum Gasteiger partial charge on any atom is 0.287 e. The molecule has 8 heteroatoms. The summed E-state index contributed by atoms with van der Waals surface area (Å²) in [5, 5.41) is 5.42. The topological polar surface area (TPSA) is 97.4 Å². The van der Waals surface area contributed by atoms with Crippen molar-refractivity contribution in [1.82, 2.24) is 5.32 Å². The minimum absolute atomic E-state index is 0.126. The predicted octanol–water partition coefficient (Wildman–Crippen LogP) is 2.54. The molecule has 0 spiro atoms. The van der Waals surface area contributed by atoms with E-state index in [1.165, 1.54) is 24.5 Å². The average molecular weight is 328 g/mol. The van der Waals surface area contributed by atoms with Gasteiger partial charge in [-0.2, -0.15) is 0 Å². The molecule has 0 aliphatic heterocycles. The number of nitrogens with two attached hydrogens (primary N) is 1. The van der Waals surface area contributed by atoms with E-state index in [-0.39, 0.29) is 28.0 Å². The summed E-state index contributed by atoms with van der Waals surface area (Å²) < 4.78 is 4.90. The van der Waals surface area contributed by atoms with Crippen LogP contribution in [0.1, 0.15) is 10.6 Å². The monoisotopic (exact) mass is 327 g/mol. The molecule has 0 aliphatic rings. The van der Waals surface area contributed by atoms with Gasteiger partial charge in [0.1, 0.15) is 0 Å². The molecular formula is C13H11Cl2N3O3. The molecule has 2 rings (SSSR count). The Balaban J connectivity index is 1.92. The van der Waals surface area contributed by atoms with Crippen LogP contribution < -0.4 is 16.4 Å². The molecular weight excluding hydrogens is 317 g/mol. The maximum absolute atomic E-state index is 11.7. The van der Waals surface area contributed by atoms with E-state index in [9.17, 15) is 9.59 Å². The fraction of sp³-hybridized carbons (Fsp3) is 0.0769. The number of halogens is 2. The van der Waals surface area contributed by atoms with E-state index in [2.05, 4.69) is 10.6 Å². The highest BCUT2D eigenvalue weighted by Crippen LogP contribution is 2.30. The minimum Gasteiger partial charge on any atom is -0.459 e. The number of benzene rings is 1. The van der Waals surface area contributed by atoms with Crippen molar-refractivity contribution in [3.05, 3.63) is 46.3 Å². The molecule has 1 heterocycles. The molecule has 4 N–H and O–H groups in total. The first-order valence-electron chi connectivity index (χ1n) is 5.83. The Morgan fingerprint density at radius 1 is 1.24 bits per heavy atom. The number of nitrogen functional groups attached to an aromatic ring is 1. The second-order valence-corrected chi connectivity index (χ2v) is 4.88. The standard InChI is InChI=1S/C13H11Cl2N3O3/c14-8-4-7(5-9(15)12(8)16)18-11(19)6-17-13(20)10-2-1-3-21-10/h1-5H,6,16H2,(H,17,20)(H,18,19). The summed E-state index contributed by atoms with van der Waals surface area (Å²) in [5.41, 5.74) is 6.21. The minimum atomic E-state index is -0.483. The fourth-order valence-electron chi connectivity index (χ4n) is 1.52. The zero-order chi connectivity index (χ0) is 15.4. The van der Waals surface area contributed by atoms with E-state index < -0.39 is 11.8 Å². The Morgan fingerprint density at radius 2 is 1.90 bits per heavy atom. The molecule has 2 amide bonds. The Hall–Kier alpha value is -2.18. The highest BCUT2D eigenvalue weighted by atomic mass is 35.5. The van der Waals surface area contributed by atoms with Gasteiger partial charge in [0.05, 0.1) is 28.5 Å². The van der Waals surface area contributed by atoms with Gasteiger partial charge in [0.15, 0.2) is 5.76 Å². The highest BCUT2D eigenvalue weighted by molar-refractivity contribution is 6.39. The molecule has 1 aromatic carbocycles. The molecule has 0 saturated heterocycles. The summed E-state index contributed by atoms with van der Waals surface area (Å²) in [6.07, 6.45) is 1.37. The van der Waals surface area contributed by atoms with Gasteiger partial charge in [-0.25, -0.2) is 0 Å². The van der Waals surface area contributed by atoms with Crippen molar-refractivity contribution < 1.29 is 14.0 Å². The van der Waals surface area contributed by atoms with E-state index in [4.69, 9.17) is 33.4 Å². The van der Waals surface area contributed by atoms with Crippen LogP contribution in [0.2, 0.25) is 10.0 Å². The van der Waals surface area contributed by atoms with Gasteiger partial charge in [-0.3, -0.25) is 9.59 Å². The largest absolute Gasteiger partial charge is 0.459 e. The summed E-state index contributed by atoms with van der Waals surface area (Å²) in [7, 11) is 0. The number of carbonyl (C=O) groups is 2.